The summed E-state index contributed by atoms with van der Waals surface area (Å²) in [5, 5.41) is 5.52. The molecule has 1 amide bonds. The average molecular weight is 394 g/mol. The van der Waals surface area contributed by atoms with E-state index in [2.05, 4.69) is 33.8 Å². The highest BCUT2D eigenvalue weighted by atomic mass is 16.5. The molecule has 0 bridgehead atoms. The van der Waals surface area contributed by atoms with Gasteiger partial charge >= 0.3 is 0 Å². The first-order valence-electron chi connectivity index (χ1n) is 9.98. The van der Waals surface area contributed by atoms with E-state index in [1.165, 1.54) is 6.33 Å². The Morgan fingerprint density at radius 2 is 1.93 bits per heavy atom. The highest BCUT2D eigenvalue weighted by Crippen LogP contribution is 2.18. The number of aromatic nitrogens is 4. The predicted octanol–water partition coefficient (Wildman–Crippen LogP) is 2.21. The van der Waals surface area contributed by atoms with Gasteiger partial charge in [-0.05, 0) is 12.0 Å². The molecule has 2 aromatic heterocycles. The van der Waals surface area contributed by atoms with Gasteiger partial charge in [0.1, 0.15) is 18.7 Å². The van der Waals surface area contributed by atoms with Crippen molar-refractivity contribution in [3.8, 4) is 5.88 Å². The number of hydrogen-bond donors (Lipinski definition) is 0. The fourth-order valence-corrected chi connectivity index (χ4v) is 3.35. The maximum Gasteiger partial charge on any atom is 0.244 e. The molecule has 3 aromatic rings. The van der Waals surface area contributed by atoms with E-state index < -0.39 is 0 Å². The van der Waals surface area contributed by atoms with Crippen molar-refractivity contribution >= 4 is 22.6 Å². The first kappa shape index (κ1) is 19.2. The summed E-state index contributed by atoms with van der Waals surface area (Å²) in [6.45, 7) is 7.86. The van der Waals surface area contributed by atoms with Crippen molar-refractivity contribution in [1.82, 2.24) is 24.6 Å². The normalized spacial score (nSPS) is 14.6. The van der Waals surface area contributed by atoms with E-state index in [4.69, 9.17) is 4.74 Å². The van der Waals surface area contributed by atoms with Crippen LogP contribution < -0.4 is 9.64 Å². The van der Waals surface area contributed by atoms with Crippen LogP contribution in [-0.4, -0.2) is 63.3 Å². The third-order valence-electron chi connectivity index (χ3n) is 4.91. The van der Waals surface area contributed by atoms with E-state index >= 15 is 0 Å². The van der Waals surface area contributed by atoms with Gasteiger partial charge in [0, 0.05) is 43.8 Å². The van der Waals surface area contributed by atoms with Crippen LogP contribution in [0.2, 0.25) is 0 Å². The molecule has 29 heavy (non-hydrogen) atoms. The van der Waals surface area contributed by atoms with E-state index in [9.17, 15) is 4.79 Å². The Bertz CT molecular complexity index is 945. The standard InChI is InChI=1S/C21H26N6O2/c1-16(2)14-29-20-11-19(22-15-23-20)25-7-9-26(10-8-25)21(28)13-27-12-17-5-3-4-6-18(17)24-27/h3-6,11-12,15-16H,7-10,13-14H2,1-2H3. The number of carbonyl (C=O) groups excluding carboxylic acids is 1. The molecule has 152 valence electrons. The summed E-state index contributed by atoms with van der Waals surface area (Å²) in [5.41, 5.74) is 0.907. The molecule has 0 N–H and O–H groups in total. The number of ether oxygens (including phenoxy) is 1. The lowest BCUT2D eigenvalue weighted by molar-refractivity contribution is -0.132. The molecule has 1 aliphatic rings. The van der Waals surface area contributed by atoms with Crippen LogP contribution in [0.3, 0.4) is 0 Å². The molecule has 8 nitrogen and oxygen atoms in total. The molecule has 0 unspecified atom stereocenters. The zero-order valence-electron chi connectivity index (χ0n) is 16.9. The summed E-state index contributed by atoms with van der Waals surface area (Å²) in [4.78, 5) is 25.3. The first-order valence-corrected chi connectivity index (χ1v) is 9.98. The second-order valence-electron chi connectivity index (χ2n) is 7.67. The van der Waals surface area contributed by atoms with Gasteiger partial charge < -0.3 is 14.5 Å². The van der Waals surface area contributed by atoms with Gasteiger partial charge in [0.2, 0.25) is 11.8 Å². The number of amides is 1. The van der Waals surface area contributed by atoms with E-state index in [1.54, 1.807) is 4.68 Å². The number of fused-ring (bicyclic) bond motifs is 1. The van der Waals surface area contributed by atoms with Gasteiger partial charge in [0.15, 0.2) is 0 Å². The van der Waals surface area contributed by atoms with Crippen LogP contribution in [-0.2, 0) is 11.3 Å². The quantitative estimate of drug-likeness (QED) is 0.638. The van der Waals surface area contributed by atoms with E-state index in [0.29, 0.717) is 31.5 Å². The van der Waals surface area contributed by atoms with Crippen molar-refractivity contribution in [2.24, 2.45) is 5.92 Å². The minimum absolute atomic E-state index is 0.0844. The van der Waals surface area contributed by atoms with Gasteiger partial charge in [-0.1, -0.05) is 32.0 Å². The molecule has 1 fully saturated rings. The minimum atomic E-state index is 0.0844. The Morgan fingerprint density at radius 3 is 2.69 bits per heavy atom. The van der Waals surface area contributed by atoms with Gasteiger partial charge in [0.05, 0.1) is 12.1 Å². The summed E-state index contributed by atoms with van der Waals surface area (Å²) in [5.74, 6) is 1.95. The number of piperazine rings is 1. The SMILES string of the molecule is CC(C)COc1cc(N2CCN(C(=O)Cn3cc4ccccc4n3)CC2)ncn1. The largest absolute Gasteiger partial charge is 0.477 e. The smallest absolute Gasteiger partial charge is 0.244 e. The maximum atomic E-state index is 12.7. The molecule has 4 rings (SSSR count). The summed E-state index contributed by atoms with van der Waals surface area (Å²) in [6, 6.07) is 9.75. The summed E-state index contributed by atoms with van der Waals surface area (Å²) < 4.78 is 7.42. The molecule has 0 saturated carbocycles. The van der Waals surface area contributed by atoms with Gasteiger partial charge in [-0.3, -0.25) is 9.48 Å². The Labute approximate surface area is 170 Å². The Kier molecular flexibility index (Phi) is 5.59. The van der Waals surface area contributed by atoms with Gasteiger partial charge in [-0.2, -0.15) is 5.10 Å². The summed E-state index contributed by atoms with van der Waals surface area (Å²) >= 11 is 0. The lowest BCUT2D eigenvalue weighted by Crippen LogP contribution is -2.49. The van der Waals surface area contributed by atoms with E-state index in [1.807, 2.05) is 41.4 Å². The molecular weight excluding hydrogens is 368 g/mol. The number of nitrogens with zero attached hydrogens (tertiary/aromatic N) is 6. The van der Waals surface area contributed by atoms with Crippen LogP contribution in [0.15, 0.2) is 42.9 Å². The molecule has 0 spiro atoms. The first-order chi connectivity index (χ1) is 14.1. The number of hydrogen-bond acceptors (Lipinski definition) is 6. The van der Waals surface area contributed by atoms with Crippen LogP contribution in [0, 0.1) is 5.92 Å². The molecule has 0 radical (unpaired) electrons. The van der Waals surface area contributed by atoms with Crippen molar-refractivity contribution in [1.29, 1.82) is 0 Å². The van der Waals surface area contributed by atoms with Crippen LogP contribution in [0.25, 0.3) is 10.9 Å². The van der Waals surface area contributed by atoms with Crippen LogP contribution >= 0.6 is 0 Å². The Hall–Kier alpha value is -3.16. The molecular formula is C21H26N6O2. The summed E-state index contributed by atoms with van der Waals surface area (Å²) in [6.07, 6.45) is 3.45. The van der Waals surface area contributed by atoms with Gasteiger partial charge in [0.25, 0.3) is 0 Å². The van der Waals surface area contributed by atoms with Crippen molar-refractivity contribution in [3.63, 3.8) is 0 Å². The third kappa shape index (κ3) is 4.64. The molecule has 1 aliphatic heterocycles. The van der Waals surface area contributed by atoms with Crippen molar-refractivity contribution < 1.29 is 9.53 Å². The number of rotatable bonds is 6. The van der Waals surface area contributed by atoms with Crippen molar-refractivity contribution in [3.05, 3.63) is 42.9 Å². The Morgan fingerprint density at radius 1 is 1.14 bits per heavy atom. The third-order valence-corrected chi connectivity index (χ3v) is 4.91. The fraction of sp³-hybridized carbons (Fsp3) is 0.429. The fourth-order valence-electron chi connectivity index (χ4n) is 3.35. The number of carbonyl (C=O) groups is 1. The highest BCUT2D eigenvalue weighted by molar-refractivity contribution is 5.80. The second kappa shape index (κ2) is 8.46. The highest BCUT2D eigenvalue weighted by Gasteiger charge is 2.22. The topological polar surface area (TPSA) is 76.4 Å². The lowest BCUT2D eigenvalue weighted by atomic mass is 10.2. The predicted molar refractivity (Wildman–Crippen MR) is 111 cm³/mol. The van der Waals surface area contributed by atoms with Crippen LogP contribution in [0.4, 0.5) is 5.82 Å². The Balaban J connectivity index is 1.33. The van der Waals surface area contributed by atoms with Crippen LogP contribution in [0.1, 0.15) is 13.8 Å². The summed E-state index contributed by atoms with van der Waals surface area (Å²) in [7, 11) is 0. The molecule has 1 aromatic carbocycles. The lowest BCUT2D eigenvalue weighted by Gasteiger charge is -2.35. The molecule has 3 heterocycles. The average Bonchev–Trinajstić information content (AvgIpc) is 3.15. The number of anilines is 1. The van der Waals surface area contributed by atoms with Crippen molar-refractivity contribution in [2.75, 3.05) is 37.7 Å². The zero-order chi connectivity index (χ0) is 20.2. The van der Waals surface area contributed by atoms with Gasteiger partial charge in [-0.25, -0.2) is 9.97 Å². The minimum Gasteiger partial charge on any atom is -0.477 e. The van der Waals surface area contributed by atoms with Crippen molar-refractivity contribution in [2.45, 2.75) is 20.4 Å². The van der Waals surface area contributed by atoms with E-state index in [-0.39, 0.29) is 12.5 Å². The second-order valence-corrected chi connectivity index (χ2v) is 7.67. The van der Waals surface area contributed by atoms with Gasteiger partial charge in [-0.15, -0.1) is 0 Å². The molecule has 1 saturated heterocycles. The number of benzene rings is 1. The molecule has 0 aliphatic carbocycles. The maximum absolute atomic E-state index is 12.7. The zero-order valence-corrected chi connectivity index (χ0v) is 16.9. The molecule has 0 atom stereocenters. The monoisotopic (exact) mass is 394 g/mol. The van der Waals surface area contributed by atoms with Crippen LogP contribution in [0.5, 0.6) is 5.88 Å². The molecule has 8 heteroatoms. The van der Waals surface area contributed by atoms with E-state index in [0.717, 1.165) is 29.8 Å².